The molecule has 0 spiro atoms. The lowest BCUT2D eigenvalue weighted by atomic mass is 10.1. The minimum absolute atomic E-state index is 0.192. The Hall–Kier alpha value is -2.03. The molecule has 1 heterocycles. The van der Waals surface area contributed by atoms with Gasteiger partial charge in [0.25, 0.3) is 5.91 Å². The van der Waals surface area contributed by atoms with Gasteiger partial charge in [0.15, 0.2) is 11.5 Å². The van der Waals surface area contributed by atoms with Crippen LogP contribution in [0, 0.1) is 13.8 Å². The molecule has 0 atom stereocenters. The highest BCUT2D eigenvalue weighted by Crippen LogP contribution is 2.38. The van der Waals surface area contributed by atoms with Gasteiger partial charge >= 0.3 is 0 Å². The smallest absolute Gasteiger partial charge is 0.263 e. The molecule has 2 aromatic rings. The van der Waals surface area contributed by atoms with E-state index < -0.39 is 0 Å². The second-order valence-electron chi connectivity index (χ2n) is 6.64. The molecule has 0 bridgehead atoms. The largest absolute Gasteiger partial charge is 0.490 e. The van der Waals surface area contributed by atoms with Crippen LogP contribution in [-0.4, -0.2) is 30.0 Å². The number of nitrogens with one attached hydrogen (secondary N) is 1. The fourth-order valence-electron chi connectivity index (χ4n) is 2.97. The molecule has 5 nitrogen and oxygen atoms in total. The maximum Gasteiger partial charge on any atom is 0.263 e. The molecule has 1 amide bonds. The summed E-state index contributed by atoms with van der Waals surface area (Å²) in [5, 5.41) is 2.61. The summed E-state index contributed by atoms with van der Waals surface area (Å²) in [4.78, 5) is 12.5. The Morgan fingerprint density at radius 3 is 2.40 bits per heavy atom. The number of carbonyl (C=O) groups excluding carboxylic acids is 1. The van der Waals surface area contributed by atoms with E-state index in [0.29, 0.717) is 40.5 Å². The predicted octanol–water partition coefficient (Wildman–Crippen LogP) is 5.41. The summed E-state index contributed by atoms with van der Waals surface area (Å²) in [7, 11) is 0. The lowest BCUT2D eigenvalue weighted by Gasteiger charge is -2.15. The summed E-state index contributed by atoms with van der Waals surface area (Å²) >= 11 is 9.83. The van der Waals surface area contributed by atoms with Gasteiger partial charge in [-0.1, -0.05) is 30.0 Å². The molecule has 1 aliphatic heterocycles. The number of hydrogen-bond donors (Lipinski definition) is 1. The number of carbonyl (C=O) groups is 1. The Kier molecular flexibility index (Phi) is 7.80. The topological polar surface area (TPSA) is 56.8 Å². The van der Waals surface area contributed by atoms with E-state index in [9.17, 15) is 4.79 Å². The van der Waals surface area contributed by atoms with Crippen LogP contribution in [-0.2, 0) is 4.79 Å². The van der Waals surface area contributed by atoms with Gasteiger partial charge in [0.1, 0.15) is 23.3 Å². The van der Waals surface area contributed by atoms with Crippen LogP contribution in [0.5, 0.6) is 17.2 Å². The van der Waals surface area contributed by atoms with Crippen LogP contribution < -0.4 is 19.5 Å². The van der Waals surface area contributed by atoms with Crippen LogP contribution in [0.25, 0.3) is 6.08 Å². The third-order valence-electron chi connectivity index (χ3n) is 4.07. The number of rotatable bonds is 8. The highest BCUT2D eigenvalue weighted by atomic mass is 79.9. The quantitative estimate of drug-likeness (QED) is 0.292. The zero-order chi connectivity index (χ0) is 21.7. The molecular formula is C22H22BrNO4S2. The number of ether oxygens (including phenoxy) is 3. The molecule has 0 aromatic heterocycles. The predicted molar refractivity (Wildman–Crippen MR) is 129 cm³/mol. The van der Waals surface area contributed by atoms with Gasteiger partial charge in [0, 0.05) is 0 Å². The summed E-state index contributed by atoms with van der Waals surface area (Å²) in [6, 6.07) is 9.83. The molecule has 3 rings (SSSR count). The second kappa shape index (κ2) is 10.3. The first-order valence-electron chi connectivity index (χ1n) is 9.41. The molecule has 0 saturated carbocycles. The molecule has 8 heteroatoms. The lowest BCUT2D eigenvalue weighted by Crippen LogP contribution is -2.17. The summed E-state index contributed by atoms with van der Waals surface area (Å²) < 4.78 is 18.7. The first-order chi connectivity index (χ1) is 14.4. The molecule has 30 heavy (non-hydrogen) atoms. The normalized spacial score (nSPS) is 14.7. The van der Waals surface area contributed by atoms with Crippen LogP contribution in [0.1, 0.15) is 23.6 Å². The molecule has 1 N–H and O–H groups in total. The monoisotopic (exact) mass is 507 g/mol. The molecule has 2 aromatic carbocycles. The van der Waals surface area contributed by atoms with Crippen LogP contribution in [0.2, 0.25) is 0 Å². The summed E-state index contributed by atoms with van der Waals surface area (Å²) in [6.07, 6.45) is 1.78. The maximum absolute atomic E-state index is 11.9. The fraction of sp³-hybridized carbons (Fsp3) is 0.273. The van der Waals surface area contributed by atoms with Crippen molar-refractivity contribution in [2.24, 2.45) is 0 Å². The van der Waals surface area contributed by atoms with Crippen molar-refractivity contribution in [3.63, 3.8) is 0 Å². The zero-order valence-corrected chi connectivity index (χ0v) is 20.1. The number of thiocarbonyl (C=S) groups is 1. The molecule has 1 fully saturated rings. The minimum atomic E-state index is -0.192. The van der Waals surface area contributed by atoms with E-state index in [1.807, 2.05) is 45.0 Å². The highest BCUT2D eigenvalue weighted by Gasteiger charge is 2.22. The van der Waals surface area contributed by atoms with E-state index in [1.54, 1.807) is 6.08 Å². The Bertz CT molecular complexity index is 987. The van der Waals surface area contributed by atoms with Crippen molar-refractivity contribution in [3.05, 3.63) is 56.4 Å². The number of halogens is 1. The average Bonchev–Trinajstić information content (AvgIpc) is 2.97. The standard InChI is InChI=1S/C22H22BrNO4S2/c1-4-26-18-11-15(12-19-21(25)24-22(29)30-19)10-17(23)20(18)28-6-5-27-16-8-13(2)7-14(3)9-16/h7-12H,4-6H2,1-3H3,(H,24,25,29)/b19-12+. The van der Waals surface area contributed by atoms with Crippen molar-refractivity contribution in [1.82, 2.24) is 5.32 Å². The third kappa shape index (κ3) is 6.00. The van der Waals surface area contributed by atoms with Crippen LogP contribution in [0.4, 0.5) is 0 Å². The van der Waals surface area contributed by atoms with Crippen LogP contribution >= 0.6 is 39.9 Å². The van der Waals surface area contributed by atoms with Crippen molar-refractivity contribution < 1.29 is 19.0 Å². The van der Waals surface area contributed by atoms with Gasteiger partial charge in [-0.2, -0.15) is 0 Å². The van der Waals surface area contributed by atoms with E-state index in [-0.39, 0.29) is 5.91 Å². The van der Waals surface area contributed by atoms with E-state index in [2.05, 4.69) is 27.3 Å². The van der Waals surface area contributed by atoms with Gasteiger partial charge in [-0.3, -0.25) is 4.79 Å². The average molecular weight is 508 g/mol. The second-order valence-corrected chi connectivity index (χ2v) is 9.21. The van der Waals surface area contributed by atoms with E-state index in [1.165, 1.54) is 11.8 Å². The number of aryl methyl sites for hydroxylation is 2. The van der Waals surface area contributed by atoms with Crippen LogP contribution in [0.15, 0.2) is 39.7 Å². The Morgan fingerprint density at radius 1 is 1.07 bits per heavy atom. The van der Waals surface area contributed by atoms with E-state index in [4.69, 9.17) is 26.4 Å². The number of thioether (sulfide) groups is 1. The van der Waals surface area contributed by atoms with Gasteiger partial charge in [0.05, 0.1) is 16.0 Å². The van der Waals surface area contributed by atoms with Gasteiger partial charge in [-0.15, -0.1) is 0 Å². The molecule has 1 saturated heterocycles. The van der Waals surface area contributed by atoms with Crippen molar-refractivity contribution in [2.75, 3.05) is 19.8 Å². The van der Waals surface area contributed by atoms with Gasteiger partial charge in [-0.25, -0.2) is 0 Å². The highest BCUT2D eigenvalue weighted by molar-refractivity contribution is 9.10. The Morgan fingerprint density at radius 2 is 1.77 bits per heavy atom. The lowest BCUT2D eigenvalue weighted by molar-refractivity contribution is -0.115. The molecule has 0 unspecified atom stereocenters. The van der Waals surface area contributed by atoms with Gasteiger partial charge in [0.2, 0.25) is 0 Å². The van der Waals surface area contributed by atoms with E-state index >= 15 is 0 Å². The van der Waals surface area contributed by atoms with Crippen molar-refractivity contribution in [1.29, 1.82) is 0 Å². The molecule has 0 aliphatic carbocycles. The van der Waals surface area contributed by atoms with Gasteiger partial charge in [-0.05, 0) is 83.7 Å². The minimum Gasteiger partial charge on any atom is -0.490 e. The number of benzene rings is 2. The Balaban J connectivity index is 1.70. The molecule has 0 radical (unpaired) electrons. The molecular weight excluding hydrogens is 486 g/mol. The van der Waals surface area contributed by atoms with E-state index in [0.717, 1.165) is 26.9 Å². The maximum atomic E-state index is 11.9. The third-order valence-corrected chi connectivity index (χ3v) is 5.82. The van der Waals surface area contributed by atoms with Crippen molar-refractivity contribution >= 4 is 56.2 Å². The first kappa shape index (κ1) is 22.7. The van der Waals surface area contributed by atoms with Crippen molar-refractivity contribution in [3.8, 4) is 17.2 Å². The van der Waals surface area contributed by atoms with Gasteiger partial charge < -0.3 is 19.5 Å². The summed E-state index contributed by atoms with van der Waals surface area (Å²) in [5.74, 6) is 1.83. The fourth-order valence-corrected chi connectivity index (χ4v) is 4.58. The number of hydrogen-bond acceptors (Lipinski definition) is 6. The SMILES string of the molecule is CCOc1cc(/C=C2/SC(=S)NC2=O)cc(Br)c1OCCOc1cc(C)cc(C)c1. The zero-order valence-electron chi connectivity index (χ0n) is 16.9. The van der Waals surface area contributed by atoms with Crippen molar-refractivity contribution in [2.45, 2.75) is 20.8 Å². The summed E-state index contributed by atoms with van der Waals surface area (Å²) in [6.45, 7) is 7.24. The number of amides is 1. The molecule has 158 valence electrons. The Labute approximate surface area is 194 Å². The van der Waals surface area contributed by atoms with Crippen LogP contribution in [0.3, 0.4) is 0 Å². The summed E-state index contributed by atoms with van der Waals surface area (Å²) in [5.41, 5.74) is 3.13. The molecule has 1 aliphatic rings. The first-order valence-corrected chi connectivity index (χ1v) is 11.4.